The van der Waals surface area contributed by atoms with E-state index in [2.05, 4.69) is 21.4 Å². The number of fused-ring (bicyclic) bond motifs is 1. The van der Waals surface area contributed by atoms with Gasteiger partial charge < -0.3 is 9.47 Å². The number of hydrogen-bond acceptors (Lipinski definition) is 5. The summed E-state index contributed by atoms with van der Waals surface area (Å²) in [6.45, 7) is 6.71. The van der Waals surface area contributed by atoms with E-state index < -0.39 is 9.84 Å². The summed E-state index contributed by atoms with van der Waals surface area (Å²) in [4.78, 5) is 20.7. The predicted molar refractivity (Wildman–Crippen MR) is 86.8 cm³/mol. The van der Waals surface area contributed by atoms with Crippen molar-refractivity contribution in [3.8, 4) is 0 Å². The molecule has 2 aliphatic rings. The second-order valence-electron chi connectivity index (χ2n) is 6.62. The number of hydrogen-bond donors (Lipinski definition) is 0. The van der Waals surface area contributed by atoms with Gasteiger partial charge in [0.05, 0.1) is 30.3 Å². The molecule has 2 aliphatic heterocycles. The molecular formula is C15H24N4O3S. The maximum atomic E-state index is 12.5. The van der Waals surface area contributed by atoms with E-state index in [0.29, 0.717) is 19.5 Å². The van der Waals surface area contributed by atoms with Crippen molar-refractivity contribution in [2.24, 2.45) is 0 Å². The van der Waals surface area contributed by atoms with Crippen LogP contribution < -0.4 is 0 Å². The van der Waals surface area contributed by atoms with Gasteiger partial charge in [-0.15, -0.1) is 0 Å². The summed E-state index contributed by atoms with van der Waals surface area (Å²) in [6.07, 6.45) is 0.549. The molecule has 0 aliphatic carbocycles. The molecule has 0 radical (unpaired) electrons. The van der Waals surface area contributed by atoms with Gasteiger partial charge in [-0.2, -0.15) is 0 Å². The molecule has 1 fully saturated rings. The monoisotopic (exact) mass is 340 g/mol. The van der Waals surface area contributed by atoms with Crippen LogP contribution in [0.25, 0.3) is 0 Å². The number of nitrogens with zero attached hydrogens (tertiary/aromatic N) is 4. The molecule has 0 N–H and O–H groups in total. The summed E-state index contributed by atoms with van der Waals surface area (Å²) in [5, 5.41) is 0. The van der Waals surface area contributed by atoms with Gasteiger partial charge in [0.2, 0.25) is 5.91 Å². The number of rotatable bonds is 3. The van der Waals surface area contributed by atoms with Crippen LogP contribution in [0.15, 0.2) is 0 Å². The first kappa shape index (κ1) is 16.4. The lowest BCUT2D eigenvalue weighted by Crippen LogP contribution is -2.45. The van der Waals surface area contributed by atoms with Gasteiger partial charge in [-0.05, 0) is 20.3 Å². The van der Waals surface area contributed by atoms with E-state index in [9.17, 15) is 13.2 Å². The van der Waals surface area contributed by atoms with Crippen LogP contribution in [0.2, 0.25) is 0 Å². The van der Waals surface area contributed by atoms with Gasteiger partial charge in [-0.1, -0.05) is 0 Å². The van der Waals surface area contributed by atoms with Crippen LogP contribution in [0, 0.1) is 13.8 Å². The Hall–Kier alpha value is -1.41. The fourth-order valence-electron chi connectivity index (χ4n) is 3.38. The van der Waals surface area contributed by atoms with Crippen molar-refractivity contribution in [1.29, 1.82) is 0 Å². The van der Waals surface area contributed by atoms with Crippen LogP contribution in [0.1, 0.15) is 23.6 Å². The SMILES string of the molecule is Cc1nc2n(c1C)CCN(CC(=O)N(C)[C@@H]1CCS(=O)(=O)C1)C2. The Morgan fingerprint density at radius 3 is 2.74 bits per heavy atom. The Kier molecular flexibility index (Phi) is 4.22. The molecule has 128 valence electrons. The highest BCUT2D eigenvalue weighted by Crippen LogP contribution is 2.19. The van der Waals surface area contributed by atoms with Crippen molar-refractivity contribution in [2.45, 2.75) is 39.4 Å². The minimum Gasteiger partial charge on any atom is -0.341 e. The molecule has 1 atom stereocenters. The third-order valence-corrected chi connectivity index (χ3v) is 6.80. The number of likely N-dealkylation sites (N-methyl/N-ethyl adjacent to an activating group) is 1. The van der Waals surface area contributed by atoms with E-state index in [-0.39, 0.29) is 23.5 Å². The van der Waals surface area contributed by atoms with Crippen LogP contribution in [-0.2, 0) is 27.7 Å². The average molecular weight is 340 g/mol. The summed E-state index contributed by atoms with van der Waals surface area (Å²) in [5.41, 5.74) is 2.24. The Labute approximate surface area is 137 Å². The van der Waals surface area contributed by atoms with Crippen molar-refractivity contribution in [2.75, 3.05) is 31.6 Å². The zero-order chi connectivity index (χ0) is 16.8. The zero-order valence-corrected chi connectivity index (χ0v) is 14.8. The largest absolute Gasteiger partial charge is 0.341 e. The number of aryl methyl sites for hydroxylation is 1. The molecule has 1 amide bonds. The maximum absolute atomic E-state index is 12.5. The molecule has 7 nitrogen and oxygen atoms in total. The third kappa shape index (κ3) is 3.28. The summed E-state index contributed by atoms with van der Waals surface area (Å²) >= 11 is 0. The molecule has 0 bridgehead atoms. The predicted octanol–water partition coefficient (Wildman–Crippen LogP) is -0.0390. The molecule has 0 spiro atoms. The van der Waals surface area contributed by atoms with Crippen LogP contribution >= 0.6 is 0 Å². The lowest BCUT2D eigenvalue weighted by Gasteiger charge is -2.30. The quantitative estimate of drug-likeness (QED) is 0.772. The van der Waals surface area contributed by atoms with Crippen LogP contribution in [0.3, 0.4) is 0 Å². The molecule has 3 rings (SSSR count). The van der Waals surface area contributed by atoms with Crippen molar-refractivity contribution in [3.63, 3.8) is 0 Å². The van der Waals surface area contributed by atoms with Crippen LogP contribution in [0.5, 0.6) is 0 Å². The summed E-state index contributed by atoms with van der Waals surface area (Å²) in [6, 6.07) is -0.177. The van der Waals surface area contributed by atoms with Gasteiger partial charge in [0, 0.05) is 31.9 Å². The Bertz CT molecular complexity index is 725. The van der Waals surface area contributed by atoms with Crippen molar-refractivity contribution in [1.82, 2.24) is 19.4 Å². The maximum Gasteiger partial charge on any atom is 0.236 e. The van der Waals surface area contributed by atoms with Gasteiger partial charge in [0.1, 0.15) is 5.82 Å². The zero-order valence-electron chi connectivity index (χ0n) is 13.9. The van der Waals surface area contributed by atoms with Gasteiger partial charge in [0.15, 0.2) is 9.84 Å². The molecule has 0 unspecified atom stereocenters. The molecule has 0 saturated carbocycles. The van der Waals surface area contributed by atoms with Crippen molar-refractivity contribution < 1.29 is 13.2 Å². The molecule has 1 saturated heterocycles. The fraction of sp³-hybridized carbons (Fsp3) is 0.733. The lowest BCUT2D eigenvalue weighted by molar-refractivity contribution is -0.133. The first-order chi connectivity index (χ1) is 10.8. The number of aromatic nitrogens is 2. The van der Waals surface area contributed by atoms with Crippen molar-refractivity contribution in [3.05, 3.63) is 17.2 Å². The van der Waals surface area contributed by atoms with E-state index in [0.717, 1.165) is 24.6 Å². The van der Waals surface area contributed by atoms with Gasteiger partial charge in [-0.3, -0.25) is 9.69 Å². The average Bonchev–Trinajstić information content (AvgIpc) is 2.98. The van der Waals surface area contributed by atoms with E-state index in [4.69, 9.17) is 0 Å². The summed E-state index contributed by atoms with van der Waals surface area (Å²) < 4.78 is 25.4. The van der Waals surface area contributed by atoms with Crippen LogP contribution in [0.4, 0.5) is 0 Å². The highest BCUT2D eigenvalue weighted by molar-refractivity contribution is 7.91. The van der Waals surface area contributed by atoms with Gasteiger partial charge in [0.25, 0.3) is 0 Å². The van der Waals surface area contributed by atoms with Gasteiger partial charge in [-0.25, -0.2) is 13.4 Å². The number of imidazole rings is 1. The van der Waals surface area contributed by atoms with E-state index in [1.54, 1.807) is 11.9 Å². The topological polar surface area (TPSA) is 75.5 Å². The van der Waals surface area contributed by atoms with E-state index in [1.807, 2.05) is 6.92 Å². The number of carbonyl (C=O) groups excluding carboxylic acids is 1. The number of carbonyl (C=O) groups is 1. The standard InChI is InChI=1S/C15H24N4O3S/c1-11-12(2)19-6-5-18(8-14(19)16-11)9-15(20)17(3)13-4-7-23(21,22)10-13/h13H,4-10H2,1-3H3/t13-/m1/s1. The third-order valence-electron chi connectivity index (χ3n) is 5.05. The normalized spacial score (nSPS) is 23.7. The second-order valence-corrected chi connectivity index (χ2v) is 8.85. The fourth-order valence-corrected chi connectivity index (χ4v) is 5.16. The Balaban J connectivity index is 1.61. The molecule has 23 heavy (non-hydrogen) atoms. The van der Waals surface area contributed by atoms with Crippen LogP contribution in [-0.4, -0.2) is 71.4 Å². The molecule has 1 aromatic rings. The number of sulfone groups is 1. The first-order valence-electron chi connectivity index (χ1n) is 7.98. The lowest BCUT2D eigenvalue weighted by atomic mass is 10.2. The smallest absolute Gasteiger partial charge is 0.236 e. The van der Waals surface area contributed by atoms with E-state index in [1.165, 1.54) is 5.69 Å². The number of amides is 1. The van der Waals surface area contributed by atoms with Crippen molar-refractivity contribution >= 4 is 15.7 Å². The highest BCUT2D eigenvalue weighted by Gasteiger charge is 2.33. The van der Waals surface area contributed by atoms with E-state index >= 15 is 0 Å². The molecule has 0 aromatic carbocycles. The molecule has 8 heteroatoms. The second kappa shape index (κ2) is 5.90. The molecule has 3 heterocycles. The minimum absolute atomic E-state index is 0.0134. The highest BCUT2D eigenvalue weighted by atomic mass is 32.2. The van der Waals surface area contributed by atoms with Gasteiger partial charge >= 0.3 is 0 Å². The minimum atomic E-state index is -2.97. The Morgan fingerprint density at radius 1 is 1.35 bits per heavy atom. The summed E-state index contributed by atoms with van der Waals surface area (Å²) in [7, 11) is -1.25. The first-order valence-corrected chi connectivity index (χ1v) is 9.80. The molecule has 1 aromatic heterocycles. The summed E-state index contributed by atoms with van der Waals surface area (Å²) in [5.74, 6) is 1.28. The Morgan fingerprint density at radius 2 is 2.09 bits per heavy atom. The molecular weight excluding hydrogens is 316 g/mol.